The predicted molar refractivity (Wildman–Crippen MR) is 215 cm³/mol. The topological polar surface area (TPSA) is 18.5 Å². The monoisotopic (exact) mass is 805 g/mol. The van der Waals surface area contributed by atoms with E-state index >= 15 is 0 Å². The molecular weight excluding hydrogens is 722 g/mol. The number of halogens is 2. The number of nitrogens with zero attached hydrogens (tertiary/aromatic N) is 1. The molecule has 0 spiro atoms. The standard InChI is InChI=1S/C43H85BrNO2.BrH/c1-5-7-9-11-13-15-17-19-21-23-25-27-29-31-33-35-39-46-42-43(41-45(3,4)38-37-44)47-40-36-34-32-30-28-26-24-22-20-18-16-14-12-10-8-6-2;/h19-22,43H,5-18,23-42H2,1-4H3;1H/q+1;/p-1/b21-19+,22-20+;. The van der Waals surface area contributed by atoms with Gasteiger partial charge in [-0.1, -0.05) is 170 Å². The quantitative estimate of drug-likeness (QED) is 0.0267. The van der Waals surface area contributed by atoms with Gasteiger partial charge >= 0.3 is 0 Å². The van der Waals surface area contributed by atoms with Gasteiger partial charge in [0.1, 0.15) is 12.6 Å². The van der Waals surface area contributed by atoms with Crippen molar-refractivity contribution in [2.45, 2.75) is 200 Å². The molecule has 288 valence electrons. The molecule has 0 heterocycles. The van der Waals surface area contributed by atoms with E-state index in [1.807, 2.05) is 0 Å². The van der Waals surface area contributed by atoms with Crippen LogP contribution in [-0.2, 0) is 9.47 Å². The third-order valence-electron chi connectivity index (χ3n) is 9.50. The van der Waals surface area contributed by atoms with Crippen LogP contribution < -0.4 is 17.0 Å². The molecule has 0 fully saturated rings. The Morgan fingerprint density at radius 2 is 0.854 bits per heavy atom. The van der Waals surface area contributed by atoms with E-state index < -0.39 is 0 Å². The maximum absolute atomic E-state index is 6.41. The van der Waals surface area contributed by atoms with Crippen LogP contribution in [0.15, 0.2) is 24.3 Å². The first-order chi connectivity index (χ1) is 23.1. The van der Waals surface area contributed by atoms with Crippen molar-refractivity contribution in [3.05, 3.63) is 24.3 Å². The molecule has 48 heavy (non-hydrogen) atoms. The number of hydrogen-bond acceptors (Lipinski definition) is 2. The first kappa shape index (κ1) is 50.4. The molecule has 0 radical (unpaired) electrons. The third-order valence-corrected chi connectivity index (χ3v) is 9.86. The zero-order valence-corrected chi connectivity index (χ0v) is 36.1. The van der Waals surface area contributed by atoms with Crippen LogP contribution >= 0.6 is 15.9 Å². The van der Waals surface area contributed by atoms with Gasteiger partial charge in [-0.3, -0.25) is 0 Å². The van der Waals surface area contributed by atoms with Crippen LogP contribution in [0, 0.1) is 0 Å². The molecule has 0 N–H and O–H groups in total. The van der Waals surface area contributed by atoms with Crippen molar-refractivity contribution in [3.8, 4) is 0 Å². The molecule has 3 nitrogen and oxygen atoms in total. The summed E-state index contributed by atoms with van der Waals surface area (Å²) >= 11 is 3.64. The van der Waals surface area contributed by atoms with Crippen molar-refractivity contribution < 1.29 is 30.9 Å². The molecule has 0 aliphatic carbocycles. The Morgan fingerprint density at radius 3 is 1.25 bits per heavy atom. The molecule has 0 amide bonds. The Balaban J connectivity index is 0. The fourth-order valence-electron chi connectivity index (χ4n) is 6.29. The summed E-state index contributed by atoms with van der Waals surface area (Å²) in [5.41, 5.74) is 0. The van der Waals surface area contributed by atoms with Crippen LogP contribution in [0.4, 0.5) is 0 Å². The Bertz CT molecular complexity index is 655. The molecule has 0 aromatic carbocycles. The smallest absolute Gasteiger partial charge is 0.130 e. The molecule has 0 saturated heterocycles. The fourth-order valence-corrected chi connectivity index (χ4v) is 7.25. The van der Waals surface area contributed by atoms with Crippen LogP contribution in [0.2, 0.25) is 0 Å². The SMILES string of the molecule is CCCCCCCC/C=C/CCCCCCCCOCC(C[N+](C)(C)CCBr)OCCCCCCCC/C=C/CCCCCCCC.[Br-]. The minimum absolute atomic E-state index is 0. The zero-order chi connectivity index (χ0) is 34.4. The maximum Gasteiger partial charge on any atom is 0.130 e. The molecule has 1 unspecified atom stereocenters. The number of alkyl halides is 1. The summed E-state index contributed by atoms with van der Waals surface area (Å²) in [6, 6.07) is 0. The fraction of sp³-hybridized carbons (Fsp3) is 0.907. The summed E-state index contributed by atoms with van der Waals surface area (Å²) in [5, 5.41) is 1.03. The molecular formula is C43H85Br2NO2. The molecule has 1 atom stereocenters. The van der Waals surface area contributed by atoms with Crippen molar-refractivity contribution in [1.29, 1.82) is 0 Å². The highest BCUT2D eigenvalue weighted by Crippen LogP contribution is 2.13. The number of unbranched alkanes of at least 4 members (excludes halogenated alkanes) is 24. The summed E-state index contributed by atoms with van der Waals surface area (Å²) in [5.74, 6) is 0. The van der Waals surface area contributed by atoms with Gasteiger partial charge in [0.2, 0.25) is 0 Å². The summed E-state index contributed by atoms with van der Waals surface area (Å²) in [7, 11) is 4.62. The first-order valence-corrected chi connectivity index (χ1v) is 22.0. The van der Waals surface area contributed by atoms with E-state index in [1.54, 1.807) is 0 Å². The van der Waals surface area contributed by atoms with Gasteiger partial charge in [-0.25, -0.2) is 0 Å². The number of hydrogen-bond donors (Lipinski definition) is 0. The predicted octanol–water partition coefficient (Wildman–Crippen LogP) is 10.9. The van der Waals surface area contributed by atoms with Gasteiger partial charge in [-0.2, -0.15) is 0 Å². The van der Waals surface area contributed by atoms with Crippen LogP contribution in [0.5, 0.6) is 0 Å². The molecule has 0 saturated carbocycles. The molecule has 5 heteroatoms. The number of allylic oxidation sites excluding steroid dienone is 4. The minimum Gasteiger partial charge on any atom is -1.00 e. The van der Waals surface area contributed by atoms with E-state index in [9.17, 15) is 0 Å². The summed E-state index contributed by atoms with van der Waals surface area (Å²) in [6.45, 7) is 9.20. The second kappa shape index (κ2) is 41.7. The van der Waals surface area contributed by atoms with Gasteiger partial charge in [-0.05, 0) is 64.2 Å². The van der Waals surface area contributed by atoms with E-state index in [0.29, 0.717) is 0 Å². The number of quaternary nitrogens is 1. The second-order valence-corrected chi connectivity index (χ2v) is 15.8. The molecule has 0 rings (SSSR count). The second-order valence-electron chi connectivity index (χ2n) is 15.0. The summed E-state index contributed by atoms with van der Waals surface area (Å²) in [4.78, 5) is 0. The lowest BCUT2D eigenvalue weighted by atomic mass is 10.1. The number of likely N-dealkylation sites (N-methyl/N-ethyl adjacent to an activating group) is 1. The highest BCUT2D eigenvalue weighted by atomic mass is 79.9. The van der Waals surface area contributed by atoms with Crippen molar-refractivity contribution in [2.24, 2.45) is 0 Å². The Morgan fingerprint density at radius 1 is 0.500 bits per heavy atom. The maximum atomic E-state index is 6.41. The number of rotatable bonds is 39. The average Bonchev–Trinajstić information content (AvgIpc) is 3.05. The average molecular weight is 808 g/mol. The van der Waals surface area contributed by atoms with Gasteiger partial charge in [0, 0.05) is 13.2 Å². The van der Waals surface area contributed by atoms with Gasteiger partial charge in [0.05, 0.1) is 32.6 Å². The lowest BCUT2D eigenvalue weighted by Crippen LogP contribution is -3.00. The van der Waals surface area contributed by atoms with E-state index in [0.717, 1.165) is 42.7 Å². The minimum atomic E-state index is 0. The Labute approximate surface area is 321 Å². The summed E-state index contributed by atoms with van der Waals surface area (Å²) in [6.07, 6.45) is 47.6. The molecule has 0 aliphatic rings. The lowest BCUT2D eigenvalue weighted by molar-refractivity contribution is -0.891. The van der Waals surface area contributed by atoms with Gasteiger partial charge in [-0.15, -0.1) is 0 Å². The van der Waals surface area contributed by atoms with E-state index in [-0.39, 0.29) is 23.1 Å². The normalized spacial score (nSPS) is 12.8. The first-order valence-electron chi connectivity index (χ1n) is 20.9. The van der Waals surface area contributed by atoms with E-state index in [2.05, 4.69) is 68.2 Å². The van der Waals surface area contributed by atoms with E-state index in [1.165, 1.54) is 180 Å². The zero-order valence-electron chi connectivity index (χ0n) is 32.9. The highest BCUT2D eigenvalue weighted by molar-refractivity contribution is 9.09. The van der Waals surface area contributed by atoms with Gasteiger partial charge in [0.15, 0.2) is 0 Å². The van der Waals surface area contributed by atoms with Crippen LogP contribution in [0.1, 0.15) is 194 Å². The largest absolute Gasteiger partial charge is 1.00 e. The third kappa shape index (κ3) is 40.7. The van der Waals surface area contributed by atoms with Crippen LogP contribution in [0.3, 0.4) is 0 Å². The molecule has 0 aliphatic heterocycles. The number of ether oxygens (including phenoxy) is 2. The molecule has 0 aromatic heterocycles. The van der Waals surface area contributed by atoms with Crippen molar-refractivity contribution in [3.63, 3.8) is 0 Å². The van der Waals surface area contributed by atoms with Gasteiger partial charge in [0.25, 0.3) is 0 Å². The Kier molecular flexibility index (Phi) is 43.9. The molecule has 0 aromatic rings. The molecule has 0 bridgehead atoms. The van der Waals surface area contributed by atoms with E-state index in [4.69, 9.17) is 9.47 Å². The Hall–Kier alpha value is 0.320. The van der Waals surface area contributed by atoms with Crippen molar-refractivity contribution in [2.75, 3.05) is 52.3 Å². The van der Waals surface area contributed by atoms with Gasteiger partial charge < -0.3 is 30.9 Å². The summed E-state index contributed by atoms with van der Waals surface area (Å²) < 4.78 is 13.5. The van der Waals surface area contributed by atoms with Crippen LogP contribution in [-0.4, -0.2) is 62.9 Å². The van der Waals surface area contributed by atoms with Crippen LogP contribution in [0.25, 0.3) is 0 Å². The lowest BCUT2D eigenvalue weighted by Gasteiger charge is -2.33. The van der Waals surface area contributed by atoms with Crippen molar-refractivity contribution in [1.82, 2.24) is 0 Å². The van der Waals surface area contributed by atoms with Crippen molar-refractivity contribution >= 4 is 15.9 Å². The highest BCUT2D eigenvalue weighted by Gasteiger charge is 2.22.